The molecule has 5 nitrogen and oxygen atoms in total. The van der Waals surface area contributed by atoms with Crippen molar-refractivity contribution < 1.29 is 13.2 Å². The van der Waals surface area contributed by atoms with Gasteiger partial charge in [0.05, 0.1) is 4.90 Å². The number of fused-ring (bicyclic) bond motifs is 1. The molecule has 31 heavy (non-hydrogen) atoms. The summed E-state index contributed by atoms with van der Waals surface area (Å²) in [6, 6.07) is 20.7. The highest BCUT2D eigenvalue weighted by atomic mass is 35.5. The number of carbonyl (C=O) groups is 1. The molecule has 0 saturated heterocycles. The molecule has 4 rings (SSSR count). The number of rotatable bonds is 5. The molecule has 3 aromatic carbocycles. The number of amides is 1. The van der Waals surface area contributed by atoms with E-state index in [0.29, 0.717) is 18.0 Å². The molecule has 0 saturated carbocycles. The number of aryl methyl sites for hydroxylation is 1. The zero-order valence-electron chi connectivity index (χ0n) is 17.1. The smallest absolute Gasteiger partial charge is 0.244 e. The van der Waals surface area contributed by atoms with Gasteiger partial charge in [-0.1, -0.05) is 65.7 Å². The van der Waals surface area contributed by atoms with Gasteiger partial charge in [0.1, 0.15) is 6.04 Å². The number of halogens is 1. The number of nitrogens with one attached hydrogen (secondary N) is 1. The Hall–Kier alpha value is -2.67. The van der Waals surface area contributed by atoms with Crippen LogP contribution >= 0.6 is 11.6 Å². The molecular formula is C24H23ClN2O3S. The maximum atomic E-state index is 13.4. The van der Waals surface area contributed by atoms with E-state index < -0.39 is 16.1 Å². The molecule has 1 N–H and O–H groups in total. The molecule has 0 aromatic heterocycles. The number of benzene rings is 3. The second-order valence-corrected chi connectivity index (χ2v) is 10.0. The Balaban J connectivity index is 1.63. The lowest BCUT2D eigenvalue weighted by Crippen LogP contribution is -2.52. The molecule has 1 atom stereocenters. The highest BCUT2D eigenvalue weighted by molar-refractivity contribution is 7.89. The van der Waals surface area contributed by atoms with Crippen molar-refractivity contribution in [3.05, 3.63) is 100 Å². The van der Waals surface area contributed by atoms with E-state index in [1.54, 1.807) is 12.1 Å². The van der Waals surface area contributed by atoms with Gasteiger partial charge in [-0.2, -0.15) is 4.31 Å². The van der Waals surface area contributed by atoms with Gasteiger partial charge in [-0.05, 0) is 54.3 Å². The van der Waals surface area contributed by atoms with Crippen molar-refractivity contribution in [3.63, 3.8) is 0 Å². The predicted octanol–water partition coefficient (Wildman–Crippen LogP) is 4.08. The van der Waals surface area contributed by atoms with Crippen LogP contribution in [-0.4, -0.2) is 24.7 Å². The van der Waals surface area contributed by atoms with Gasteiger partial charge < -0.3 is 5.32 Å². The van der Waals surface area contributed by atoms with E-state index >= 15 is 0 Å². The summed E-state index contributed by atoms with van der Waals surface area (Å²) in [5.74, 6) is -0.312. The first kappa shape index (κ1) is 21.6. The molecule has 0 fully saturated rings. The molecule has 1 aliphatic rings. The third kappa shape index (κ3) is 4.66. The number of hydrogen-bond acceptors (Lipinski definition) is 3. The highest BCUT2D eigenvalue weighted by Gasteiger charge is 2.39. The monoisotopic (exact) mass is 454 g/mol. The van der Waals surface area contributed by atoms with Gasteiger partial charge in [0.2, 0.25) is 15.9 Å². The van der Waals surface area contributed by atoms with Crippen LogP contribution in [0.2, 0.25) is 5.02 Å². The average Bonchev–Trinajstić information content (AvgIpc) is 2.78. The van der Waals surface area contributed by atoms with Gasteiger partial charge in [0.25, 0.3) is 0 Å². The number of hydrogen-bond donors (Lipinski definition) is 1. The van der Waals surface area contributed by atoms with Crippen LogP contribution in [0.5, 0.6) is 0 Å². The lowest BCUT2D eigenvalue weighted by atomic mass is 9.95. The van der Waals surface area contributed by atoms with Crippen molar-refractivity contribution in [3.8, 4) is 0 Å². The van der Waals surface area contributed by atoms with E-state index in [2.05, 4.69) is 5.32 Å². The predicted molar refractivity (Wildman–Crippen MR) is 121 cm³/mol. The Bertz CT molecular complexity index is 1190. The molecule has 1 heterocycles. The van der Waals surface area contributed by atoms with Gasteiger partial charge >= 0.3 is 0 Å². The van der Waals surface area contributed by atoms with E-state index in [1.807, 2.05) is 55.5 Å². The van der Waals surface area contributed by atoms with Gasteiger partial charge in [0, 0.05) is 18.1 Å². The third-order valence-electron chi connectivity index (χ3n) is 5.52. The summed E-state index contributed by atoms with van der Waals surface area (Å²) >= 11 is 5.93. The molecular weight excluding hydrogens is 432 g/mol. The highest BCUT2D eigenvalue weighted by Crippen LogP contribution is 2.29. The van der Waals surface area contributed by atoms with Crippen LogP contribution in [0, 0.1) is 6.92 Å². The second kappa shape index (κ2) is 8.83. The van der Waals surface area contributed by atoms with Crippen molar-refractivity contribution in [1.29, 1.82) is 0 Å². The molecule has 160 valence electrons. The van der Waals surface area contributed by atoms with Crippen molar-refractivity contribution in [2.24, 2.45) is 0 Å². The van der Waals surface area contributed by atoms with Crippen molar-refractivity contribution in [2.75, 3.05) is 0 Å². The Morgan fingerprint density at radius 3 is 2.32 bits per heavy atom. The lowest BCUT2D eigenvalue weighted by Gasteiger charge is -2.35. The molecule has 7 heteroatoms. The Labute approximate surface area is 187 Å². The van der Waals surface area contributed by atoms with Crippen LogP contribution in [0.15, 0.2) is 77.7 Å². The zero-order valence-corrected chi connectivity index (χ0v) is 18.7. The fraction of sp³-hybridized carbons (Fsp3) is 0.208. The third-order valence-corrected chi connectivity index (χ3v) is 7.64. The largest absolute Gasteiger partial charge is 0.351 e. The average molecular weight is 455 g/mol. The fourth-order valence-electron chi connectivity index (χ4n) is 3.73. The van der Waals surface area contributed by atoms with Crippen LogP contribution in [0.4, 0.5) is 0 Å². The van der Waals surface area contributed by atoms with Gasteiger partial charge in [-0.25, -0.2) is 8.42 Å². The molecule has 1 amide bonds. The van der Waals surface area contributed by atoms with Crippen LogP contribution in [0.1, 0.15) is 22.3 Å². The number of nitrogens with zero attached hydrogens (tertiary/aromatic N) is 1. The Morgan fingerprint density at radius 1 is 1.00 bits per heavy atom. The molecule has 0 aliphatic carbocycles. The van der Waals surface area contributed by atoms with Crippen LogP contribution in [-0.2, 0) is 34.3 Å². The molecule has 0 bridgehead atoms. The van der Waals surface area contributed by atoms with Crippen LogP contribution in [0.25, 0.3) is 0 Å². The quantitative estimate of drug-likeness (QED) is 0.631. The first-order valence-corrected chi connectivity index (χ1v) is 11.8. The maximum Gasteiger partial charge on any atom is 0.244 e. The van der Waals surface area contributed by atoms with E-state index in [9.17, 15) is 13.2 Å². The van der Waals surface area contributed by atoms with Crippen molar-refractivity contribution in [1.82, 2.24) is 9.62 Å². The topological polar surface area (TPSA) is 66.5 Å². The standard InChI is InChI=1S/C24H23ClN2O3S/c1-17-6-8-18(9-7-17)15-26-24(28)23-14-19-4-2-3-5-20(19)16-27(23)31(29,30)22-12-10-21(25)11-13-22/h2-13,23H,14-16H2,1H3,(H,26,28). The molecule has 3 aromatic rings. The van der Waals surface area contributed by atoms with E-state index in [-0.39, 0.29) is 17.3 Å². The first-order valence-electron chi connectivity index (χ1n) is 10.0. The Morgan fingerprint density at radius 2 is 1.65 bits per heavy atom. The minimum Gasteiger partial charge on any atom is -0.351 e. The summed E-state index contributed by atoms with van der Waals surface area (Å²) in [4.78, 5) is 13.3. The minimum atomic E-state index is -3.89. The SMILES string of the molecule is Cc1ccc(CNC(=O)C2Cc3ccccc3CN2S(=O)(=O)c2ccc(Cl)cc2)cc1. The van der Waals surface area contributed by atoms with Gasteiger partial charge in [-0.15, -0.1) is 0 Å². The summed E-state index contributed by atoms with van der Waals surface area (Å²) in [6.45, 7) is 2.48. The van der Waals surface area contributed by atoms with E-state index in [0.717, 1.165) is 22.3 Å². The van der Waals surface area contributed by atoms with Gasteiger partial charge in [0.15, 0.2) is 0 Å². The van der Waals surface area contributed by atoms with Crippen molar-refractivity contribution in [2.45, 2.75) is 37.4 Å². The fourth-order valence-corrected chi connectivity index (χ4v) is 5.42. The summed E-state index contributed by atoms with van der Waals surface area (Å²) in [5, 5.41) is 3.37. The number of sulfonamides is 1. The molecule has 1 unspecified atom stereocenters. The lowest BCUT2D eigenvalue weighted by molar-refractivity contribution is -0.125. The molecule has 1 aliphatic heterocycles. The Kier molecular flexibility index (Phi) is 6.14. The van der Waals surface area contributed by atoms with Gasteiger partial charge in [-0.3, -0.25) is 4.79 Å². The zero-order chi connectivity index (χ0) is 22.0. The first-order chi connectivity index (χ1) is 14.8. The summed E-state index contributed by atoms with van der Waals surface area (Å²) in [7, 11) is -3.89. The summed E-state index contributed by atoms with van der Waals surface area (Å²) in [5.41, 5.74) is 3.99. The maximum absolute atomic E-state index is 13.4. The normalized spacial score (nSPS) is 16.5. The van der Waals surface area contributed by atoms with E-state index in [4.69, 9.17) is 11.6 Å². The molecule has 0 spiro atoms. The van der Waals surface area contributed by atoms with Crippen molar-refractivity contribution >= 4 is 27.5 Å². The summed E-state index contributed by atoms with van der Waals surface area (Å²) in [6.07, 6.45) is 0.322. The van der Waals surface area contributed by atoms with E-state index in [1.165, 1.54) is 16.4 Å². The van der Waals surface area contributed by atoms with Crippen LogP contribution in [0.3, 0.4) is 0 Å². The number of carbonyl (C=O) groups excluding carboxylic acids is 1. The minimum absolute atomic E-state index is 0.118. The second-order valence-electron chi connectivity index (χ2n) is 7.70. The van der Waals surface area contributed by atoms with Crippen LogP contribution < -0.4 is 5.32 Å². The summed E-state index contributed by atoms with van der Waals surface area (Å²) < 4.78 is 28.2. The molecule has 0 radical (unpaired) electrons.